The van der Waals surface area contributed by atoms with Crippen LogP contribution in [-0.4, -0.2) is 45.1 Å². The van der Waals surface area contributed by atoms with E-state index in [2.05, 4.69) is 13.8 Å². The van der Waals surface area contributed by atoms with E-state index in [1.54, 1.807) is 19.2 Å². The van der Waals surface area contributed by atoms with Crippen LogP contribution >= 0.6 is 0 Å². The lowest BCUT2D eigenvalue weighted by Crippen LogP contribution is -2.40. The molecule has 3 aromatic heterocycles. The minimum atomic E-state index is -4.56. The highest BCUT2D eigenvalue weighted by molar-refractivity contribution is 6.00. The van der Waals surface area contributed by atoms with E-state index in [0.29, 0.717) is 58.0 Å². The van der Waals surface area contributed by atoms with Crippen LogP contribution in [0.25, 0.3) is 33.7 Å². The molecule has 0 spiro atoms. The van der Waals surface area contributed by atoms with Gasteiger partial charge in [0.2, 0.25) is 11.5 Å². The fourth-order valence-electron chi connectivity index (χ4n) is 6.32. The molecule has 0 bridgehead atoms. The Morgan fingerprint density at radius 2 is 1.95 bits per heavy atom. The van der Waals surface area contributed by atoms with Crippen LogP contribution in [0.3, 0.4) is 0 Å². The summed E-state index contributed by atoms with van der Waals surface area (Å²) in [5.41, 5.74) is 2.74. The average molecular weight is 585 g/mol. The summed E-state index contributed by atoms with van der Waals surface area (Å²) in [5.74, 6) is 1.69. The molecule has 2 atom stereocenters. The summed E-state index contributed by atoms with van der Waals surface area (Å²) in [6, 6.07) is 6.36. The molecule has 2 fully saturated rings. The molecule has 226 valence electrons. The van der Waals surface area contributed by atoms with Gasteiger partial charge in [-0.05, 0) is 74.1 Å². The van der Waals surface area contributed by atoms with E-state index in [1.807, 2.05) is 27.1 Å². The van der Waals surface area contributed by atoms with Crippen molar-refractivity contribution in [1.29, 1.82) is 0 Å². The lowest BCUT2D eigenvalue weighted by atomic mass is 9.89. The Morgan fingerprint density at radius 3 is 2.64 bits per heavy atom. The molecule has 10 heteroatoms. The van der Waals surface area contributed by atoms with Gasteiger partial charge in [-0.3, -0.25) is 4.79 Å². The molecule has 4 aromatic rings. The highest BCUT2D eigenvalue weighted by atomic mass is 19.4. The van der Waals surface area contributed by atoms with E-state index in [0.717, 1.165) is 56.8 Å². The van der Waals surface area contributed by atoms with Gasteiger partial charge in [0.1, 0.15) is 11.3 Å². The van der Waals surface area contributed by atoms with E-state index in [9.17, 15) is 18.0 Å². The maximum Gasteiger partial charge on any atom is 0.449 e. The number of likely N-dealkylation sites (tertiary alicyclic amines) is 1. The van der Waals surface area contributed by atoms with Gasteiger partial charge in [0.15, 0.2) is 5.82 Å². The number of methoxy groups -OCH3 is 1. The van der Waals surface area contributed by atoms with Gasteiger partial charge in [0.05, 0.1) is 18.3 Å². The highest BCUT2D eigenvalue weighted by Gasteiger charge is 2.37. The van der Waals surface area contributed by atoms with E-state index in [1.165, 1.54) is 12.8 Å². The number of carbonyl (C=O) groups is 1. The molecule has 7 nitrogen and oxygen atoms in total. The monoisotopic (exact) mass is 584 g/mol. The maximum absolute atomic E-state index is 13.7. The quantitative estimate of drug-likeness (QED) is 0.201. The number of fused-ring (bicyclic) bond motifs is 2. The van der Waals surface area contributed by atoms with Gasteiger partial charge in [-0.15, -0.1) is 0 Å². The molecule has 1 aromatic carbocycles. The number of aromatic nitrogens is 3. The van der Waals surface area contributed by atoms with Crippen LogP contribution < -0.4 is 4.74 Å². The van der Waals surface area contributed by atoms with Crippen LogP contribution in [0.2, 0.25) is 0 Å². The molecule has 1 aliphatic carbocycles. The lowest BCUT2D eigenvalue weighted by molar-refractivity contribution is -0.152. The fraction of sp³-hybridized carbons (Fsp3) is 0.562. The predicted octanol–water partition coefficient (Wildman–Crippen LogP) is 7.90. The molecule has 1 amide bonds. The number of benzene rings is 1. The number of halogens is 3. The molecule has 1 aliphatic heterocycles. The summed E-state index contributed by atoms with van der Waals surface area (Å²) in [7, 11) is 3.43. The van der Waals surface area contributed by atoms with Crippen molar-refractivity contribution in [3.63, 3.8) is 0 Å². The number of rotatable bonds is 9. The molecular weight excluding hydrogens is 545 g/mol. The molecule has 0 radical (unpaired) electrons. The van der Waals surface area contributed by atoms with Crippen LogP contribution in [0.1, 0.15) is 74.9 Å². The molecule has 1 saturated carbocycles. The van der Waals surface area contributed by atoms with Crippen molar-refractivity contribution in [2.45, 2.75) is 71.5 Å². The first-order chi connectivity index (χ1) is 20.1. The number of alkyl halides is 3. The van der Waals surface area contributed by atoms with Crippen LogP contribution in [0.4, 0.5) is 13.2 Å². The first kappa shape index (κ1) is 28.7. The van der Waals surface area contributed by atoms with Gasteiger partial charge in [-0.25, -0.2) is 4.98 Å². The molecule has 1 saturated heterocycles. The third-order valence-corrected chi connectivity index (χ3v) is 9.19. The molecule has 2 aliphatic rings. The van der Waals surface area contributed by atoms with Crippen molar-refractivity contribution in [2.75, 3.05) is 20.2 Å². The number of piperidine rings is 1. The SMILES string of the molecule is CCC(C)CC[C@@H]1CCCN(C(=O)c2cc(OC)c3c(c2)nc(-c2cc4cc(C(F)(F)F)oc4n2CC2CC2)n3C)C1. The summed E-state index contributed by atoms with van der Waals surface area (Å²) < 4.78 is 55.0. The second-order valence-corrected chi connectivity index (χ2v) is 12.3. The van der Waals surface area contributed by atoms with Gasteiger partial charge in [-0.1, -0.05) is 26.7 Å². The summed E-state index contributed by atoms with van der Waals surface area (Å²) in [4.78, 5) is 20.6. The van der Waals surface area contributed by atoms with E-state index >= 15 is 0 Å². The molecule has 0 N–H and O–H groups in total. The van der Waals surface area contributed by atoms with Crippen molar-refractivity contribution in [3.8, 4) is 17.3 Å². The highest BCUT2D eigenvalue weighted by Crippen LogP contribution is 2.41. The third-order valence-electron chi connectivity index (χ3n) is 9.19. The summed E-state index contributed by atoms with van der Waals surface area (Å²) in [5, 5.41) is 0.390. The zero-order valence-electron chi connectivity index (χ0n) is 24.8. The Balaban J connectivity index is 1.35. The minimum Gasteiger partial charge on any atom is -0.494 e. The number of carbonyl (C=O) groups excluding carboxylic acids is 1. The molecule has 6 rings (SSSR count). The number of furan rings is 1. The Morgan fingerprint density at radius 1 is 1.17 bits per heavy atom. The van der Waals surface area contributed by atoms with E-state index in [-0.39, 0.29) is 11.6 Å². The fourth-order valence-corrected chi connectivity index (χ4v) is 6.32. The largest absolute Gasteiger partial charge is 0.494 e. The second-order valence-electron chi connectivity index (χ2n) is 12.3. The zero-order chi connectivity index (χ0) is 29.8. The van der Waals surface area contributed by atoms with Gasteiger partial charge in [-0.2, -0.15) is 13.2 Å². The zero-order valence-corrected chi connectivity index (χ0v) is 24.8. The summed E-state index contributed by atoms with van der Waals surface area (Å²) >= 11 is 0. The van der Waals surface area contributed by atoms with Crippen LogP contribution in [0.5, 0.6) is 5.75 Å². The summed E-state index contributed by atoms with van der Waals surface area (Å²) in [6.07, 6.45) is 3.15. The van der Waals surface area contributed by atoms with Gasteiger partial charge >= 0.3 is 6.18 Å². The Hall–Kier alpha value is -3.43. The number of ether oxygens (including phenoxy) is 1. The van der Waals surface area contributed by atoms with Gasteiger partial charge in [0, 0.05) is 37.6 Å². The standard InChI is InChI=1S/C32H39F3N4O3/c1-5-19(2)8-9-20-7-6-12-38(17-20)30(40)22-13-24-28(26(15-22)41-4)37(3)29(36-24)25-14-23-16-27(32(33,34)35)42-31(23)39(25)18-21-10-11-21/h13-16,19-21H,5-12,17-18H2,1-4H3/t19?,20-/m0/s1. The van der Waals surface area contributed by atoms with Crippen LogP contribution in [-0.2, 0) is 19.8 Å². The van der Waals surface area contributed by atoms with Gasteiger partial charge < -0.3 is 23.2 Å². The van der Waals surface area contributed by atoms with Crippen LogP contribution in [0, 0.1) is 17.8 Å². The molecule has 4 heterocycles. The second kappa shape index (κ2) is 11.0. The molecule has 42 heavy (non-hydrogen) atoms. The Kier molecular flexibility index (Phi) is 7.51. The topological polar surface area (TPSA) is 65.4 Å². The van der Waals surface area contributed by atoms with E-state index in [4.69, 9.17) is 14.1 Å². The predicted molar refractivity (Wildman–Crippen MR) is 156 cm³/mol. The molecular formula is C32H39F3N4O3. The maximum atomic E-state index is 13.7. The van der Waals surface area contributed by atoms with E-state index < -0.39 is 11.9 Å². The Bertz CT molecular complexity index is 1610. The number of amides is 1. The number of hydrogen-bond donors (Lipinski definition) is 0. The first-order valence-electron chi connectivity index (χ1n) is 15.1. The number of imidazole rings is 1. The van der Waals surface area contributed by atoms with Crippen molar-refractivity contribution >= 4 is 28.0 Å². The van der Waals surface area contributed by atoms with Gasteiger partial charge in [0.25, 0.3) is 5.91 Å². The van der Waals surface area contributed by atoms with Crippen molar-refractivity contribution in [3.05, 3.63) is 35.6 Å². The molecule has 1 unspecified atom stereocenters. The average Bonchev–Trinajstić information content (AvgIpc) is 3.46. The number of nitrogens with zero attached hydrogens (tertiary/aromatic N) is 4. The van der Waals surface area contributed by atoms with Crippen molar-refractivity contribution in [1.82, 2.24) is 19.0 Å². The summed E-state index contributed by atoms with van der Waals surface area (Å²) in [6.45, 7) is 6.56. The van der Waals surface area contributed by atoms with Crippen molar-refractivity contribution in [2.24, 2.45) is 24.8 Å². The Labute approximate surface area is 243 Å². The number of aryl methyl sites for hydroxylation is 1. The van der Waals surface area contributed by atoms with Crippen LogP contribution in [0.15, 0.2) is 28.7 Å². The number of hydrogen-bond acceptors (Lipinski definition) is 4. The lowest BCUT2D eigenvalue weighted by Gasteiger charge is -2.33. The third kappa shape index (κ3) is 5.40. The smallest absolute Gasteiger partial charge is 0.449 e. The first-order valence-corrected chi connectivity index (χ1v) is 15.1. The minimum absolute atomic E-state index is 0.0232. The van der Waals surface area contributed by atoms with Crippen molar-refractivity contribution < 1.29 is 27.1 Å². The normalized spacial score (nSPS) is 18.7.